The molecule has 1 unspecified atom stereocenters. The number of ether oxygens (including phenoxy) is 1. The van der Waals surface area contributed by atoms with Crippen LogP contribution in [0.3, 0.4) is 0 Å². The molecule has 0 aromatic carbocycles. The Labute approximate surface area is 119 Å². The third kappa shape index (κ3) is 2.48. The molecular formula is C15H25F2NO2. The molecule has 0 aromatic rings. The summed E-state index contributed by atoms with van der Waals surface area (Å²) in [7, 11) is 0. The zero-order valence-electron chi connectivity index (χ0n) is 12.2. The van der Waals surface area contributed by atoms with Gasteiger partial charge in [-0.3, -0.25) is 4.90 Å². The third-order valence-electron chi connectivity index (χ3n) is 5.55. The van der Waals surface area contributed by atoms with Gasteiger partial charge in [0.1, 0.15) is 0 Å². The molecule has 20 heavy (non-hydrogen) atoms. The number of hydrogen-bond acceptors (Lipinski definition) is 3. The van der Waals surface area contributed by atoms with Crippen molar-refractivity contribution in [1.29, 1.82) is 0 Å². The van der Waals surface area contributed by atoms with Crippen LogP contribution in [0.15, 0.2) is 0 Å². The van der Waals surface area contributed by atoms with E-state index in [9.17, 15) is 13.9 Å². The molecule has 1 saturated heterocycles. The average molecular weight is 289 g/mol. The molecule has 116 valence electrons. The average Bonchev–Trinajstić information content (AvgIpc) is 3.28. The molecule has 1 heterocycles. The van der Waals surface area contributed by atoms with Crippen molar-refractivity contribution < 1.29 is 18.6 Å². The van der Waals surface area contributed by atoms with Crippen LogP contribution in [0.4, 0.5) is 8.78 Å². The molecule has 3 fully saturated rings. The first-order valence-electron chi connectivity index (χ1n) is 7.76. The second-order valence-corrected chi connectivity index (χ2v) is 7.06. The molecule has 0 bridgehead atoms. The number of hydrogen-bond donors (Lipinski definition) is 1. The van der Waals surface area contributed by atoms with E-state index in [0.717, 1.165) is 32.6 Å². The molecule has 3 nitrogen and oxygen atoms in total. The lowest BCUT2D eigenvalue weighted by Gasteiger charge is -2.40. The summed E-state index contributed by atoms with van der Waals surface area (Å²) in [4.78, 5) is 2.23. The highest BCUT2D eigenvalue weighted by Crippen LogP contribution is 2.67. The number of piperidine rings is 1. The fraction of sp³-hybridized carbons (Fsp3) is 1.00. The van der Waals surface area contributed by atoms with Gasteiger partial charge in [-0.2, -0.15) is 0 Å². The van der Waals surface area contributed by atoms with Crippen LogP contribution < -0.4 is 0 Å². The van der Waals surface area contributed by atoms with Gasteiger partial charge in [-0.05, 0) is 39.2 Å². The van der Waals surface area contributed by atoms with Gasteiger partial charge in [-0.1, -0.05) is 0 Å². The van der Waals surface area contributed by atoms with E-state index in [0.29, 0.717) is 19.4 Å². The summed E-state index contributed by atoms with van der Waals surface area (Å²) < 4.78 is 32.6. The molecule has 0 aromatic heterocycles. The summed E-state index contributed by atoms with van der Waals surface area (Å²) in [5, 5.41) is 9.57. The van der Waals surface area contributed by atoms with Crippen molar-refractivity contribution in [3.8, 4) is 0 Å². The number of nitrogens with zero attached hydrogens (tertiary/aromatic N) is 1. The normalized spacial score (nSPS) is 38.1. The van der Waals surface area contributed by atoms with Crippen molar-refractivity contribution in [2.45, 2.75) is 51.0 Å². The van der Waals surface area contributed by atoms with Crippen LogP contribution in [0, 0.1) is 10.8 Å². The first-order chi connectivity index (χ1) is 9.46. The van der Waals surface area contributed by atoms with Gasteiger partial charge in [-0.25, -0.2) is 8.78 Å². The Morgan fingerprint density at radius 1 is 1.30 bits per heavy atom. The Morgan fingerprint density at radius 2 is 2.00 bits per heavy atom. The second kappa shape index (κ2) is 4.89. The lowest BCUT2D eigenvalue weighted by molar-refractivity contribution is -0.0188. The zero-order valence-corrected chi connectivity index (χ0v) is 12.2. The summed E-state index contributed by atoms with van der Waals surface area (Å²) in [5.41, 5.74) is -0.576. The molecule has 0 amide bonds. The van der Waals surface area contributed by atoms with Crippen LogP contribution in [-0.4, -0.2) is 54.9 Å². The predicted octanol–water partition coefficient (Wildman–Crippen LogP) is 2.29. The van der Waals surface area contributed by atoms with Crippen molar-refractivity contribution in [1.82, 2.24) is 4.90 Å². The highest BCUT2D eigenvalue weighted by molar-refractivity contribution is 5.14. The molecular weight excluding hydrogens is 264 g/mol. The van der Waals surface area contributed by atoms with Crippen LogP contribution >= 0.6 is 0 Å². The number of rotatable bonds is 6. The van der Waals surface area contributed by atoms with Gasteiger partial charge in [0.15, 0.2) is 0 Å². The molecule has 3 aliphatic rings. The first kappa shape index (κ1) is 14.7. The summed E-state index contributed by atoms with van der Waals surface area (Å²) in [6.45, 7) is 5.05. The van der Waals surface area contributed by atoms with Crippen LogP contribution in [0.5, 0.6) is 0 Å². The molecule has 2 aliphatic carbocycles. The summed E-state index contributed by atoms with van der Waals surface area (Å²) in [6.07, 6.45) is 3.35. The van der Waals surface area contributed by atoms with Crippen LogP contribution in [0.25, 0.3) is 0 Å². The summed E-state index contributed by atoms with van der Waals surface area (Å²) in [6, 6.07) is -0.101. The van der Waals surface area contributed by atoms with Crippen molar-refractivity contribution in [2.75, 3.05) is 32.9 Å². The van der Waals surface area contributed by atoms with Crippen LogP contribution in [0.1, 0.15) is 39.0 Å². The third-order valence-corrected chi connectivity index (χ3v) is 5.55. The Morgan fingerprint density at radius 3 is 2.50 bits per heavy atom. The molecule has 1 aliphatic heterocycles. The van der Waals surface area contributed by atoms with Crippen LogP contribution in [-0.2, 0) is 4.74 Å². The Bertz CT molecular complexity index is 373. The Hall–Kier alpha value is -0.260. The van der Waals surface area contributed by atoms with E-state index >= 15 is 0 Å². The maximum atomic E-state index is 13.5. The minimum Gasteiger partial charge on any atom is -0.395 e. The van der Waals surface area contributed by atoms with Crippen molar-refractivity contribution >= 4 is 0 Å². The lowest BCUT2D eigenvalue weighted by atomic mass is 9.86. The van der Waals surface area contributed by atoms with Gasteiger partial charge in [0.05, 0.1) is 13.2 Å². The number of halogens is 2. The second-order valence-electron chi connectivity index (χ2n) is 7.06. The molecule has 5 heteroatoms. The van der Waals surface area contributed by atoms with E-state index in [1.165, 1.54) is 0 Å². The number of aliphatic hydroxyl groups is 1. The SMILES string of the molecule is CCOCC1(CN2CCC3(C[C@H]2CO)CC3(F)F)CC1. The minimum atomic E-state index is -2.49. The monoisotopic (exact) mass is 289 g/mol. The van der Waals surface area contributed by atoms with Crippen molar-refractivity contribution in [2.24, 2.45) is 10.8 Å². The smallest absolute Gasteiger partial charge is 0.254 e. The molecule has 0 radical (unpaired) electrons. The maximum Gasteiger partial charge on any atom is 0.254 e. The van der Waals surface area contributed by atoms with Gasteiger partial charge in [-0.15, -0.1) is 0 Å². The largest absolute Gasteiger partial charge is 0.395 e. The Kier molecular flexibility index (Phi) is 3.58. The van der Waals surface area contributed by atoms with Gasteiger partial charge < -0.3 is 9.84 Å². The van der Waals surface area contributed by atoms with E-state index in [1.807, 2.05) is 6.92 Å². The first-order valence-corrected chi connectivity index (χ1v) is 7.76. The molecule has 1 spiro atoms. The highest BCUT2D eigenvalue weighted by atomic mass is 19.3. The van der Waals surface area contributed by atoms with Gasteiger partial charge in [0.2, 0.25) is 0 Å². The van der Waals surface area contributed by atoms with E-state index in [4.69, 9.17) is 4.74 Å². The summed E-state index contributed by atoms with van der Waals surface area (Å²) in [5.74, 6) is -2.49. The predicted molar refractivity (Wildman–Crippen MR) is 71.8 cm³/mol. The highest BCUT2D eigenvalue weighted by Gasteiger charge is 2.71. The quantitative estimate of drug-likeness (QED) is 0.814. The van der Waals surface area contributed by atoms with E-state index in [2.05, 4.69) is 4.90 Å². The van der Waals surface area contributed by atoms with Gasteiger partial charge >= 0.3 is 0 Å². The topological polar surface area (TPSA) is 32.7 Å². The van der Waals surface area contributed by atoms with Gasteiger partial charge in [0.25, 0.3) is 5.92 Å². The fourth-order valence-corrected chi connectivity index (χ4v) is 3.76. The number of likely N-dealkylation sites (tertiary alicyclic amines) is 1. The lowest BCUT2D eigenvalue weighted by Crippen LogP contribution is -2.49. The van der Waals surface area contributed by atoms with Gasteiger partial charge in [0, 0.05) is 36.4 Å². The fourth-order valence-electron chi connectivity index (χ4n) is 3.76. The number of aliphatic hydroxyl groups excluding tert-OH is 1. The van der Waals surface area contributed by atoms with E-state index in [1.54, 1.807) is 0 Å². The maximum absolute atomic E-state index is 13.5. The standard InChI is InChI=1S/C15H25F2NO2/c1-2-20-11-13(3-4-13)10-18-6-5-14(7-12(18)8-19)9-15(14,16)17/h12,19H,2-11H2,1H3/t12-,14?/m0/s1. The molecule has 2 atom stereocenters. The summed E-state index contributed by atoms with van der Waals surface area (Å²) >= 11 is 0. The number of alkyl halides is 2. The minimum absolute atomic E-state index is 0.0114. The molecule has 3 rings (SSSR count). The molecule has 2 saturated carbocycles. The van der Waals surface area contributed by atoms with E-state index in [-0.39, 0.29) is 24.5 Å². The Balaban J connectivity index is 1.58. The van der Waals surface area contributed by atoms with Crippen molar-refractivity contribution in [3.05, 3.63) is 0 Å². The van der Waals surface area contributed by atoms with E-state index < -0.39 is 11.3 Å². The zero-order chi connectivity index (χ0) is 14.4. The molecule has 1 N–H and O–H groups in total. The van der Waals surface area contributed by atoms with Crippen molar-refractivity contribution in [3.63, 3.8) is 0 Å². The van der Waals surface area contributed by atoms with Crippen LogP contribution in [0.2, 0.25) is 0 Å².